The summed E-state index contributed by atoms with van der Waals surface area (Å²) >= 11 is 0. The second kappa shape index (κ2) is 5.85. The summed E-state index contributed by atoms with van der Waals surface area (Å²) in [6.45, 7) is 4.01. The van der Waals surface area contributed by atoms with Crippen molar-refractivity contribution in [3.8, 4) is 0 Å². The predicted octanol–water partition coefficient (Wildman–Crippen LogP) is 1.37. The van der Waals surface area contributed by atoms with Gasteiger partial charge in [0.15, 0.2) is 0 Å². The van der Waals surface area contributed by atoms with Crippen LogP contribution in [0.5, 0.6) is 0 Å². The topological polar surface area (TPSA) is 61.3 Å². The van der Waals surface area contributed by atoms with Crippen molar-refractivity contribution in [2.45, 2.75) is 50.4 Å². The molecule has 0 spiro atoms. The van der Waals surface area contributed by atoms with Crippen LogP contribution in [0.3, 0.4) is 0 Å². The van der Waals surface area contributed by atoms with Gasteiger partial charge in [0, 0.05) is 12.3 Å². The summed E-state index contributed by atoms with van der Waals surface area (Å²) in [5, 5.41) is 0. The Morgan fingerprint density at radius 1 is 1.36 bits per heavy atom. The molecule has 3 nitrogen and oxygen atoms in total. The van der Waals surface area contributed by atoms with Crippen LogP contribution in [0.15, 0.2) is 0 Å². The molecule has 1 aliphatic heterocycles. The maximum atomic E-state index is 6.22. The van der Waals surface area contributed by atoms with Crippen molar-refractivity contribution in [1.82, 2.24) is 0 Å². The Labute approximate surface area is 88.3 Å². The summed E-state index contributed by atoms with van der Waals surface area (Å²) in [7, 11) is -1.55. The van der Waals surface area contributed by atoms with Crippen molar-refractivity contribution < 1.29 is 4.43 Å². The molecular formula is C10H24N2OSi. The lowest BCUT2D eigenvalue weighted by molar-refractivity contribution is 0.260. The lowest BCUT2D eigenvalue weighted by Gasteiger charge is -2.36. The third kappa shape index (κ3) is 3.35. The quantitative estimate of drug-likeness (QED) is 0.539. The fourth-order valence-electron chi connectivity index (χ4n) is 2.06. The Morgan fingerprint density at radius 2 is 2.14 bits per heavy atom. The minimum Gasteiger partial charge on any atom is -0.416 e. The number of hydrogen-bond donors (Lipinski definition) is 2. The summed E-state index contributed by atoms with van der Waals surface area (Å²) in [4.78, 5) is 0. The maximum Gasteiger partial charge on any atom is 0.206 e. The molecule has 4 N–H and O–H groups in total. The number of nitrogens with two attached hydrogens (primary N) is 2. The van der Waals surface area contributed by atoms with Crippen LogP contribution in [-0.2, 0) is 4.43 Å². The first-order valence-electron chi connectivity index (χ1n) is 5.78. The minimum atomic E-state index is -1.55. The van der Waals surface area contributed by atoms with Crippen LogP contribution < -0.4 is 11.5 Å². The normalized spacial score (nSPS) is 30.2. The Bertz CT molecular complexity index is 160. The van der Waals surface area contributed by atoms with Crippen molar-refractivity contribution in [3.05, 3.63) is 0 Å². The van der Waals surface area contributed by atoms with Gasteiger partial charge in [-0.15, -0.1) is 0 Å². The van der Waals surface area contributed by atoms with Gasteiger partial charge in [-0.25, -0.2) is 0 Å². The van der Waals surface area contributed by atoms with Gasteiger partial charge in [-0.3, -0.25) is 0 Å². The highest BCUT2D eigenvalue weighted by Crippen LogP contribution is 2.25. The minimum absolute atomic E-state index is 0.314. The van der Waals surface area contributed by atoms with E-state index in [-0.39, 0.29) is 0 Å². The van der Waals surface area contributed by atoms with Crippen LogP contribution in [0.4, 0.5) is 0 Å². The van der Waals surface area contributed by atoms with Crippen LogP contribution in [0, 0.1) is 0 Å². The van der Waals surface area contributed by atoms with E-state index in [2.05, 4.69) is 6.55 Å². The van der Waals surface area contributed by atoms with Crippen LogP contribution in [0.25, 0.3) is 0 Å². The highest BCUT2D eigenvalue weighted by Gasteiger charge is 2.37. The molecule has 84 valence electrons. The molecule has 0 radical (unpaired) electrons. The molecule has 2 atom stereocenters. The van der Waals surface area contributed by atoms with E-state index in [9.17, 15) is 0 Å². The first-order valence-corrected chi connectivity index (χ1v) is 8.48. The predicted molar refractivity (Wildman–Crippen MR) is 62.5 cm³/mol. The van der Waals surface area contributed by atoms with Crippen molar-refractivity contribution in [2.24, 2.45) is 11.5 Å². The van der Waals surface area contributed by atoms with Crippen LogP contribution in [-0.4, -0.2) is 27.1 Å². The van der Waals surface area contributed by atoms with Gasteiger partial charge in [0.05, 0.1) is 0 Å². The highest BCUT2D eigenvalue weighted by atomic mass is 28.4. The fourth-order valence-corrected chi connectivity index (χ4v) is 5.17. The fraction of sp³-hybridized carbons (Fsp3) is 1.00. The maximum absolute atomic E-state index is 6.22. The van der Waals surface area contributed by atoms with E-state index in [1.54, 1.807) is 0 Å². The van der Waals surface area contributed by atoms with Gasteiger partial charge in [-0.05, 0) is 38.4 Å². The lowest BCUT2D eigenvalue weighted by atomic mass is 10.2. The van der Waals surface area contributed by atoms with Crippen molar-refractivity contribution >= 4 is 8.32 Å². The molecule has 4 heteroatoms. The average molecular weight is 216 g/mol. The standard InChI is InChI=1S/C10H24N2OSi/c1-14(9-5-4-8-13-14)10(12)6-2-3-7-11/h10H,2-9,11-12H2,1H3. The Kier molecular flexibility index (Phi) is 5.09. The number of hydrogen-bond acceptors (Lipinski definition) is 3. The smallest absolute Gasteiger partial charge is 0.206 e. The van der Waals surface area contributed by atoms with Crippen molar-refractivity contribution in [1.29, 1.82) is 0 Å². The zero-order valence-corrected chi connectivity index (χ0v) is 10.3. The van der Waals surface area contributed by atoms with E-state index in [4.69, 9.17) is 15.9 Å². The van der Waals surface area contributed by atoms with Crippen molar-refractivity contribution in [2.75, 3.05) is 13.2 Å². The van der Waals surface area contributed by atoms with E-state index in [0.29, 0.717) is 5.67 Å². The first kappa shape index (κ1) is 12.2. The molecule has 2 unspecified atom stereocenters. The Morgan fingerprint density at radius 3 is 2.71 bits per heavy atom. The third-order valence-corrected chi connectivity index (χ3v) is 7.32. The molecule has 1 aliphatic rings. The molecule has 0 aliphatic carbocycles. The van der Waals surface area contributed by atoms with E-state index < -0.39 is 8.32 Å². The molecule has 0 amide bonds. The zero-order chi connectivity index (χ0) is 10.4. The molecule has 14 heavy (non-hydrogen) atoms. The molecule has 0 saturated carbocycles. The summed E-state index contributed by atoms with van der Waals surface area (Å²) < 4.78 is 5.94. The van der Waals surface area contributed by atoms with Crippen LogP contribution in [0.1, 0.15) is 32.1 Å². The monoisotopic (exact) mass is 216 g/mol. The van der Waals surface area contributed by atoms with E-state index in [1.165, 1.54) is 18.9 Å². The van der Waals surface area contributed by atoms with Gasteiger partial charge in [-0.2, -0.15) is 0 Å². The Hall–Kier alpha value is 0.0969. The summed E-state index contributed by atoms with van der Waals surface area (Å²) in [5.74, 6) is 0. The molecule has 1 fully saturated rings. The van der Waals surface area contributed by atoms with E-state index in [1.807, 2.05) is 0 Å². The lowest BCUT2D eigenvalue weighted by Crippen LogP contribution is -2.54. The molecule has 1 saturated heterocycles. The zero-order valence-electron chi connectivity index (χ0n) is 9.30. The highest BCUT2D eigenvalue weighted by molar-refractivity contribution is 6.74. The summed E-state index contributed by atoms with van der Waals surface area (Å²) in [6, 6.07) is 1.25. The molecule has 1 heterocycles. The molecular weight excluding hydrogens is 192 g/mol. The number of rotatable bonds is 5. The van der Waals surface area contributed by atoms with Gasteiger partial charge in [0.2, 0.25) is 8.32 Å². The largest absolute Gasteiger partial charge is 0.416 e. The summed E-state index contributed by atoms with van der Waals surface area (Å²) in [6.07, 6.45) is 5.88. The van der Waals surface area contributed by atoms with E-state index in [0.717, 1.165) is 32.4 Å². The molecule has 0 aromatic carbocycles. The van der Waals surface area contributed by atoms with Gasteiger partial charge in [0.1, 0.15) is 0 Å². The third-order valence-electron chi connectivity index (χ3n) is 3.25. The SMILES string of the molecule is C[Si]1(C(N)CCCCN)CCCCO1. The second-order valence-electron chi connectivity index (χ2n) is 4.51. The van der Waals surface area contributed by atoms with E-state index >= 15 is 0 Å². The number of unbranched alkanes of at least 4 members (excludes halogenated alkanes) is 1. The van der Waals surface area contributed by atoms with Gasteiger partial charge in [-0.1, -0.05) is 12.8 Å². The molecule has 1 rings (SSSR count). The van der Waals surface area contributed by atoms with Gasteiger partial charge < -0.3 is 15.9 Å². The van der Waals surface area contributed by atoms with Crippen LogP contribution >= 0.6 is 0 Å². The van der Waals surface area contributed by atoms with Crippen molar-refractivity contribution in [3.63, 3.8) is 0 Å². The van der Waals surface area contributed by atoms with Gasteiger partial charge >= 0.3 is 0 Å². The van der Waals surface area contributed by atoms with Gasteiger partial charge in [0.25, 0.3) is 0 Å². The molecule has 0 aromatic heterocycles. The first-order chi connectivity index (χ1) is 6.69. The second-order valence-corrected chi connectivity index (χ2v) is 8.66. The molecule has 0 bridgehead atoms. The summed E-state index contributed by atoms with van der Waals surface area (Å²) in [5.41, 5.74) is 12.0. The van der Waals surface area contributed by atoms with Crippen LogP contribution in [0.2, 0.25) is 12.6 Å². The average Bonchev–Trinajstić information content (AvgIpc) is 2.19. The molecule has 0 aromatic rings. The Balaban J connectivity index is 2.29.